The molecule has 2 amide bonds. The second kappa shape index (κ2) is 6.35. The second-order valence-electron chi connectivity index (χ2n) is 5.66. The maximum Gasteiger partial charge on any atom is 0.317 e. The van der Waals surface area contributed by atoms with Crippen molar-refractivity contribution in [3.05, 3.63) is 29.8 Å². The van der Waals surface area contributed by atoms with Gasteiger partial charge in [-0.3, -0.25) is 0 Å². The Labute approximate surface area is 125 Å². The van der Waals surface area contributed by atoms with Crippen LogP contribution in [0.25, 0.3) is 0 Å². The van der Waals surface area contributed by atoms with Crippen molar-refractivity contribution in [3.63, 3.8) is 0 Å². The molecule has 0 spiro atoms. The molecular formula is C16H23N3O2. The molecule has 1 N–H and O–H groups in total. The van der Waals surface area contributed by atoms with E-state index in [0.29, 0.717) is 6.54 Å². The molecule has 0 saturated carbocycles. The molecule has 2 aliphatic rings. The van der Waals surface area contributed by atoms with E-state index in [1.54, 1.807) is 0 Å². The zero-order valence-electron chi connectivity index (χ0n) is 12.5. The minimum Gasteiger partial charge on any atom is -0.488 e. The van der Waals surface area contributed by atoms with Gasteiger partial charge in [0.2, 0.25) is 0 Å². The minimum absolute atomic E-state index is 0.0327. The molecule has 1 saturated heterocycles. The number of rotatable bonds is 3. The van der Waals surface area contributed by atoms with Crippen molar-refractivity contribution >= 4 is 6.03 Å². The fourth-order valence-corrected chi connectivity index (χ4v) is 2.95. The van der Waals surface area contributed by atoms with Crippen molar-refractivity contribution in [2.75, 3.05) is 39.3 Å². The van der Waals surface area contributed by atoms with E-state index in [1.807, 2.05) is 23.1 Å². The summed E-state index contributed by atoms with van der Waals surface area (Å²) in [6.07, 6.45) is 0.934. The van der Waals surface area contributed by atoms with E-state index in [4.69, 9.17) is 4.74 Å². The lowest BCUT2D eigenvalue weighted by Gasteiger charge is -2.34. The van der Waals surface area contributed by atoms with Crippen molar-refractivity contribution in [2.24, 2.45) is 0 Å². The molecular weight excluding hydrogens is 266 g/mol. The number of benzene rings is 1. The molecule has 1 unspecified atom stereocenters. The number of hydrogen-bond acceptors (Lipinski definition) is 3. The summed E-state index contributed by atoms with van der Waals surface area (Å²) in [7, 11) is 0. The molecule has 5 nitrogen and oxygen atoms in total. The van der Waals surface area contributed by atoms with Crippen molar-refractivity contribution in [3.8, 4) is 5.75 Å². The fraction of sp³-hybridized carbons (Fsp3) is 0.562. The number of urea groups is 1. The number of nitrogens with zero attached hydrogens (tertiary/aromatic N) is 2. The summed E-state index contributed by atoms with van der Waals surface area (Å²) in [5.74, 6) is 0.952. The van der Waals surface area contributed by atoms with Crippen LogP contribution < -0.4 is 10.1 Å². The van der Waals surface area contributed by atoms with Crippen LogP contribution in [0.4, 0.5) is 4.79 Å². The maximum atomic E-state index is 12.2. The maximum absolute atomic E-state index is 12.2. The van der Waals surface area contributed by atoms with Gasteiger partial charge in [0.1, 0.15) is 11.9 Å². The van der Waals surface area contributed by atoms with Gasteiger partial charge in [0.05, 0.1) is 6.54 Å². The van der Waals surface area contributed by atoms with E-state index in [-0.39, 0.29) is 12.1 Å². The van der Waals surface area contributed by atoms with Gasteiger partial charge in [-0.2, -0.15) is 0 Å². The molecule has 1 fully saturated rings. The SMILES string of the molecule is CCN1CCN(C(=O)NCC2Cc3ccccc3O2)CC1. The van der Waals surface area contributed by atoms with Gasteiger partial charge >= 0.3 is 6.03 Å². The monoisotopic (exact) mass is 289 g/mol. The normalized spacial score (nSPS) is 21.8. The number of ether oxygens (including phenoxy) is 1. The summed E-state index contributed by atoms with van der Waals surface area (Å²) >= 11 is 0. The molecule has 1 atom stereocenters. The summed E-state index contributed by atoms with van der Waals surface area (Å²) in [5.41, 5.74) is 1.23. The van der Waals surface area contributed by atoms with Crippen LogP contribution in [0, 0.1) is 0 Å². The van der Waals surface area contributed by atoms with Crippen molar-refractivity contribution in [2.45, 2.75) is 19.4 Å². The summed E-state index contributed by atoms with van der Waals surface area (Å²) < 4.78 is 5.84. The zero-order valence-corrected chi connectivity index (χ0v) is 12.5. The van der Waals surface area contributed by atoms with E-state index in [0.717, 1.165) is 44.9 Å². The Morgan fingerprint density at radius 1 is 1.29 bits per heavy atom. The topological polar surface area (TPSA) is 44.8 Å². The van der Waals surface area contributed by atoms with Crippen LogP contribution >= 0.6 is 0 Å². The lowest BCUT2D eigenvalue weighted by molar-refractivity contribution is 0.139. The van der Waals surface area contributed by atoms with Gasteiger partial charge in [0.25, 0.3) is 0 Å². The smallest absolute Gasteiger partial charge is 0.317 e. The molecule has 114 valence electrons. The summed E-state index contributed by atoms with van der Waals surface area (Å²) in [5, 5.41) is 3.01. The first-order valence-corrected chi connectivity index (χ1v) is 7.76. The van der Waals surface area contributed by atoms with Gasteiger partial charge in [0, 0.05) is 32.6 Å². The largest absolute Gasteiger partial charge is 0.488 e. The Balaban J connectivity index is 1.43. The van der Waals surface area contributed by atoms with Crippen LogP contribution in [-0.2, 0) is 6.42 Å². The van der Waals surface area contributed by atoms with Crippen LogP contribution in [0.3, 0.4) is 0 Å². The Hall–Kier alpha value is -1.75. The van der Waals surface area contributed by atoms with E-state index in [9.17, 15) is 4.79 Å². The number of para-hydroxylation sites is 1. The number of carbonyl (C=O) groups is 1. The van der Waals surface area contributed by atoms with Crippen LogP contribution in [0.5, 0.6) is 5.75 Å². The molecule has 2 aliphatic heterocycles. The Morgan fingerprint density at radius 3 is 2.76 bits per heavy atom. The number of fused-ring (bicyclic) bond motifs is 1. The molecule has 5 heteroatoms. The Morgan fingerprint density at radius 2 is 2.05 bits per heavy atom. The van der Waals surface area contributed by atoms with Crippen molar-refractivity contribution in [1.29, 1.82) is 0 Å². The number of piperazine rings is 1. The quantitative estimate of drug-likeness (QED) is 0.913. The number of nitrogens with one attached hydrogen (secondary N) is 1. The first-order valence-electron chi connectivity index (χ1n) is 7.76. The number of amides is 2. The highest BCUT2D eigenvalue weighted by atomic mass is 16.5. The predicted octanol–water partition coefficient (Wildman–Crippen LogP) is 1.34. The van der Waals surface area contributed by atoms with Crippen LogP contribution in [0.2, 0.25) is 0 Å². The first-order chi connectivity index (χ1) is 10.3. The highest BCUT2D eigenvalue weighted by Gasteiger charge is 2.24. The zero-order chi connectivity index (χ0) is 14.7. The average Bonchev–Trinajstić information content (AvgIpc) is 2.95. The summed E-state index contributed by atoms with van der Waals surface area (Å²) in [6, 6.07) is 8.11. The third-order valence-electron chi connectivity index (χ3n) is 4.30. The standard InChI is InChI=1S/C16H23N3O2/c1-2-18-7-9-19(10-8-18)16(20)17-12-14-11-13-5-3-4-6-15(13)21-14/h3-6,14H,2,7-12H2,1H3,(H,17,20). The fourth-order valence-electron chi connectivity index (χ4n) is 2.95. The van der Waals surface area contributed by atoms with E-state index in [1.165, 1.54) is 5.56 Å². The molecule has 0 radical (unpaired) electrons. The number of carbonyl (C=O) groups excluding carboxylic acids is 1. The molecule has 21 heavy (non-hydrogen) atoms. The van der Waals surface area contributed by atoms with Gasteiger partial charge in [-0.1, -0.05) is 25.1 Å². The van der Waals surface area contributed by atoms with Gasteiger partial charge < -0.3 is 19.9 Å². The molecule has 1 aromatic rings. The lowest BCUT2D eigenvalue weighted by Crippen LogP contribution is -2.52. The highest BCUT2D eigenvalue weighted by molar-refractivity contribution is 5.74. The number of hydrogen-bond donors (Lipinski definition) is 1. The first kappa shape index (κ1) is 14.2. The molecule has 0 bridgehead atoms. The van der Waals surface area contributed by atoms with E-state index in [2.05, 4.69) is 23.2 Å². The van der Waals surface area contributed by atoms with Gasteiger partial charge in [-0.25, -0.2) is 4.79 Å². The van der Waals surface area contributed by atoms with Crippen LogP contribution in [-0.4, -0.2) is 61.2 Å². The third kappa shape index (κ3) is 3.29. The lowest BCUT2D eigenvalue weighted by atomic mass is 10.1. The van der Waals surface area contributed by atoms with Crippen LogP contribution in [0.15, 0.2) is 24.3 Å². The summed E-state index contributed by atoms with van der Waals surface area (Å²) in [4.78, 5) is 16.4. The van der Waals surface area contributed by atoms with Gasteiger partial charge in [-0.05, 0) is 18.2 Å². The predicted molar refractivity (Wildman–Crippen MR) is 81.6 cm³/mol. The average molecular weight is 289 g/mol. The molecule has 1 aromatic carbocycles. The highest BCUT2D eigenvalue weighted by Crippen LogP contribution is 2.27. The Bertz CT molecular complexity index is 473. The Kier molecular flexibility index (Phi) is 4.29. The van der Waals surface area contributed by atoms with Crippen LogP contribution in [0.1, 0.15) is 12.5 Å². The van der Waals surface area contributed by atoms with Crippen molar-refractivity contribution in [1.82, 2.24) is 15.1 Å². The van der Waals surface area contributed by atoms with Gasteiger partial charge in [-0.15, -0.1) is 0 Å². The minimum atomic E-state index is 0.0327. The molecule has 0 aliphatic carbocycles. The second-order valence-corrected chi connectivity index (χ2v) is 5.66. The summed E-state index contributed by atoms with van der Waals surface area (Å²) in [6.45, 7) is 7.34. The molecule has 0 aromatic heterocycles. The molecule has 2 heterocycles. The molecule has 3 rings (SSSR count). The van der Waals surface area contributed by atoms with Gasteiger partial charge in [0.15, 0.2) is 0 Å². The third-order valence-corrected chi connectivity index (χ3v) is 4.30. The van der Waals surface area contributed by atoms with Crippen molar-refractivity contribution < 1.29 is 9.53 Å². The van der Waals surface area contributed by atoms with E-state index >= 15 is 0 Å². The number of likely N-dealkylation sites (N-methyl/N-ethyl adjacent to an activating group) is 1. The van der Waals surface area contributed by atoms with E-state index < -0.39 is 0 Å².